The number of aromatic nitrogens is 1. The molecule has 0 aliphatic rings. The number of aliphatic imine (C=N–C) groups is 1. The third-order valence-corrected chi connectivity index (χ3v) is 4.45. The molecule has 0 saturated carbocycles. The Morgan fingerprint density at radius 1 is 0.935 bits per heavy atom. The van der Waals surface area contributed by atoms with Crippen LogP contribution in [0.15, 0.2) is 71.9 Å². The van der Waals surface area contributed by atoms with Crippen molar-refractivity contribution >= 4 is 23.2 Å². The molecule has 0 atom stereocenters. The molecule has 0 radical (unpaired) electrons. The van der Waals surface area contributed by atoms with Crippen LogP contribution in [-0.4, -0.2) is 10.8 Å². The van der Waals surface area contributed by atoms with Crippen molar-refractivity contribution in [1.29, 1.82) is 0 Å². The molecular formula is C27H36N4. The molecule has 2 aromatic carbocycles. The highest BCUT2D eigenvalue weighted by Gasteiger charge is 2.07. The predicted molar refractivity (Wildman–Crippen MR) is 137 cm³/mol. The second kappa shape index (κ2) is 13.8. The lowest BCUT2D eigenvalue weighted by Gasteiger charge is -2.08. The molecule has 3 aromatic rings. The van der Waals surface area contributed by atoms with E-state index in [0.29, 0.717) is 12.4 Å². The third kappa shape index (κ3) is 7.74. The van der Waals surface area contributed by atoms with Crippen LogP contribution in [0.3, 0.4) is 0 Å². The molecule has 0 aliphatic heterocycles. The molecule has 1 aromatic heterocycles. The van der Waals surface area contributed by atoms with E-state index in [1.807, 2.05) is 70.2 Å². The van der Waals surface area contributed by atoms with Gasteiger partial charge in [0.25, 0.3) is 0 Å². The van der Waals surface area contributed by atoms with Crippen molar-refractivity contribution in [3.8, 4) is 0 Å². The monoisotopic (exact) mass is 416 g/mol. The summed E-state index contributed by atoms with van der Waals surface area (Å²) in [5.41, 5.74) is 19.1. The summed E-state index contributed by atoms with van der Waals surface area (Å²) in [6.07, 6.45) is 3.81. The molecule has 0 bridgehead atoms. The van der Waals surface area contributed by atoms with Gasteiger partial charge in [-0.3, -0.25) is 9.98 Å². The summed E-state index contributed by atoms with van der Waals surface area (Å²) < 4.78 is 0. The second-order valence-corrected chi connectivity index (χ2v) is 6.53. The maximum absolute atomic E-state index is 6.27. The topological polar surface area (TPSA) is 77.3 Å². The summed E-state index contributed by atoms with van der Waals surface area (Å²) in [5.74, 6) is 0.453. The fourth-order valence-electron chi connectivity index (χ4n) is 2.79. The number of allylic oxidation sites excluding steroid dienone is 1. The molecule has 164 valence electrons. The van der Waals surface area contributed by atoms with E-state index in [1.54, 1.807) is 6.20 Å². The second-order valence-electron chi connectivity index (χ2n) is 6.53. The average Bonchev–Trinajstić information content (AvgIpc) is 2.82. The van der Waals surface area contributed by atoms with E-state index in [1.165, 1.54) is 5.56 Å². The van der Waals surface area contributed by atoms with Crippen LogP contribution in [0.1, 0.15) is 62.6 Å². The van der Waals surface area contributed by atoms with Crippen LogP contribution in [-0.2, 0) is 6.54 Å². The van der Waals surface area contributed by atoms with Gasteiger partial charge in [0.05, 0.1) is 12.2 Å². The molecular weight excluding hydrogens is 380 g/mol. The van der Waals surface area contributed by atoms with Crippen molar-refractivity contribution in [3.63, 3.8) is 0 Å². The molecule has 4 heteroatoms. The molecule has 4 N–H and O–H groups in total. The summed E-state index contributed by atoms with van der Waals surface area (Å²) in [4.78, 5) is 9.02. The van der Waals surface area contributed by atoms with Crippen molar-refractivity contribution in [3.05, 3.63) is 94.8 Å². The molecule has 1 heterocycles. The van der Waals surface area contributed by atoms with Gasteiger partial charge >= 0.3 is 0 Å². The SMILES string of the molecule is C/C(=C\c1ncccc1C(N)=NCc1ccccc1N)c1ccc(C)cc1.CC.CC. The van der Waals surface area contributed by atoms with Gasteiger partial charge in [0, 0.05) is 17.4 Å². The maximum atomic E-state index is 6.27. The average molecular weight is 417 g/mol. The van der Waals surface area contributed by atoms with E-state index in [0.717, 1.165) is 33.6 Å². The van der Waals surface area contributed by atoms with Crippen LogP contribution in [0.25, 0.3) is 11.6 Å². The number of anilines is 1. The Hall–Kier alpha value is -3.40. The van der Waals surface area contributed by atoms with E-state index in [4.69, 9.17) is 11.5 Å². The van der Waals surface area contributed by atoms with Crippen LogP contribution in [0.4, 0.5) is 5.69 Å². The minimum Gasteiger partial charge on any atom is -0.398 e. The molecule has 4 nitrogen and oxygen atoms in total. The number of rotatable bonds is 5. The highest BCUT2D eigenvalue weighted by molar-refractivity contribution is 6.01. The standard InChI is InChI=1S/C23H24N4.2C2H6/c1-16-9-11-18(12-10-16)17(2)14-22-20(7-5-13-26-22)23(25)27-15-19-6-3-4-8-21(19)24;2*1-2/h3-14H,15,24H2,1-2H3,(H2,25,27);2*1-2H3/b17-14+;;. The first-order valence-electron chi connectivity index (χ1n) is 10.9. The number of hydrogen-bond acceptors (Lipinski definition) is 3. The lowest BCUT2D eigenvalue weighted by molar-refractivity contribution is 1.06. The van der Waals surface area contributed by atoms with E-state index < -0.39 is 0 Å². The molecule has 0 saturated heterocycles. The minimum atomic E-state index is 0.438. The quantitative estimate of drug-likeness (QED) is 0.283. The van der Waals surface area contributed by atoms with Gasteiger partial charge in [-0.25, -0.2) is 0 Å². The highest BCUT2D eigenvalue weighted by atomic mass is 14.9. The maximum Gasteiger partial charge on any atom is 0.128 e. The van der Waals surface area contributed by atoms with Gasteiger partial charge in [0.2, 0.25) is 0 Å². The number of benzene rings is 2. The Labute approximate surface area is 187 Å². The molecule has 0 aliphatic carbocycles. The van der Waals surface area contributed by atoms with Gasteiger partial charge in [0.15, 0.2) is 0 Å². The first-order valence-corrected chi connectivity index (χ1v) is 10.9. The summed E-state index contributed by atoms with van der Waals surface area (Å²) >= 11 is 0. The van der Waals surface area contributed by atoms with E-state index in [2.05, 4.69) is 48.1 Å². The number of amidine groups is 1. The Morgan fingerprint density at radius 2 is 1.58 bits per heavy atom. The van der Waals surface area contributed by atoms with Gasteiger partial charge in [-0.1, -0.05) is 75.7 Å². The van der Waals surface area contributed by atoms with Gasteiger partial charge < -0.3 is 11.5 Å². The molecule has 31 heavy (non-hydrogen) atoms. The Kier molecular flexibility index (Phi) is 11.4. The Balaban J connectivity index is 0.00000113. The van der Waals surface area contributed by atoms with Gasteiger partial charge in [0.1, 0.15) is 5.84 Å². The zero-order valence-electron chi connectivity index (χ0n) is 19.7. The summed E-state index contributed by atoms with van der Waals surface area (Å²) in [6, 6.07) is 19.9. The molecule has 0 spiro atoms. The number of pyridine rings is 1. The van der Waals surface area contributed by atoms with Crippen molar-refractivity contribution in [1.82, 2.24) is 4.98 Å². The van der Waals surface area contributed by atoms with E-state index >= 15 is 0 Å². The summed E-state index contributed by atoms with van der Waals surface area (Å²) in [5, 5.41) is 0. The zero-order valence-corrected chi connectivity index (χ0v) is 19.7. The Morgan fingerprint density at radius 3 is 2.23 bits per heavy atom. The van der Waals surface area contributed by atoms with Crippen LogP contribution in [0, 0.1) is 6.92 Å². The summed E-state index contributed by atoms with van der Waals surface area (Å²) in [6.45, 7) is 12.6. The first-order chi connectivity index (χ1) is 15.0. The fourth-order valence-corrected chi connectivity index (χ4v) is 2.79. The van der Waals surface area contributed by atoms with Gasteiger partial charge in [-0.05, 0) is 54.8 Å². The number of hydrogen-bond donors (Lipinski definition) is 2. The minimum absolute atomic E-state index is 0.438. The molecule has 0 unspecified atom stereocenters. The number of nitrogens with zero attached hydrogens (tertiary/aromatic N) is 2. The van der Waals surface area contributed by atoms with Gasteiger partial charge in [-0.15, -0.1) is 0 Å². The largest absolute Gasteiger partial charge is 0.398 e. The van der Waals surface area contributed by atoms with Crippen LogP contribution in [0.5, 0.6) is 0 Å². The third-order valence-electron chi connectivity index (χ3n) is 4.45. The summed E-state index contributed by atoms with van der Waals surface area (Å²) in [7, 11) is 0. The van der Waals surface area contributed by atoms with E-state index in [-0.39, 0.29) is 0 Å². The Bertz CT molecular complexity index is 986. The zero-order chi connectivity index (χ0) is 23.2. The van der Waals surface area contributed by atoms with Crippen molar-refractivity contribution in [2.45, 2.75) is 48.1 Å². The number of aryl methyl sites for hydroxylation is 1. The van der Waals surface area contributed by atoms with Crippen LogP contribution in [0.2, 0.25) is 0 Å². The molecule has 0 fully saturated rings. The fraction of sp³-hybridized carbons (Fsp3) is 0.259. The lowest BCUT2D eigenvalue weighted by atomic mass is 10.0. The van der Waals surface area contributed by atoms with Gasteiger partial charge in [-0.2, -0.15) is 0 Å². The lowest BCUT2D eigenvalue weighted by Crippen LogP contribution is -2.16. The van der Waals surface area contributed by atoms with Crippen LogP contribution < -0.4 is 11.5 Å². The van der Waals surface area contributed by atoms with E-state index in [9.17, 15) is 0 Å². The first kappa shape index (κ1) is 25.6. The van der Waals surface area contributed by atoms with Crippen LogP contribution >= 0.6 is 0 Å². The van der Waals surface area contributed by atoms with Crippen molar-refractivity contribution < 1.29 is 0 Å². The molecule has 3 rings (SSSR count). The number of nitrogens with two attached hydrogens (primary N) is 2. The number of para-hydroxylation sites is 1. The highest BCUT2D eigenvalue weighted by Crippen LogP contribution is 2.19. The van der Waals surface area contributed by atoms with Crippen molar-refractivity contribution in [2.24, 2.45) is 10.7 Å². The smallest absolute Gasteiger partial charge is 0.128 e. The normalized spacial score (nSPS) is 11.0. The number of nitrogen functional groups attached to an aromatic ring is 1. The van der Waals surface area contributed by atoms with Crippen molar-refractivity contribution in [2.75, 3.05) is 5.73 Å². The molecule has 0 amide bonds. The predicted octanol–water partition coefficient (Wildman–Crippen LogP) is 6.49.